The van der Waals surface area contributed by atoms with E-state index in [1.165, 1.54) is 0 Å². The first kappa shape index (κ1) is 24.5. The number of hydrogen-bond donors (Lipinski definition) is 2. The van der Waals surface area contributed by atoms with Crippen molar-refractivity contribution >= 4 is 33.7 Å². The molecule has 8 nitrogen and oxygen atoms in total. The van der Waals surface area contributed by atoms with E-state index < -0.39 is 35.6 Å². The number of likely N-dealkylation sites (tertiary alicyclic amines) is 1. The van der Waals surface area contributed by atoms with Gasteiger partial charge in [0.25, 0.3) is 0 Å². The van der Waals surface area contributed by atoms with Gasteiger partial charge in [0, 0.05) is 24.5 Å². The third kappa shape index (κ3) is 4.50. The minimum Gasteiger partial charge on any atom is -0.466 e. The van der Waals surface area contributed by atoms with Crippen molar-refractivity contribution in [1.29, 1.82) is 0 Å². The number of halogens is 1. The van der Waals surface area contributed by atoms with Crippen molar-refractivity contribution in [3.8, 4) is 0 Å². The smallest absolute Gasteiger partial charge is 0.312 e. The van der Waals surface area contributed by atoms with Crippen molar-refractivity contribution in [3.63, 3.8) is 0 Å². The van der Waals surface area contributed by atoms with Crippen molar-refractivity contribution in [2.24, 2.45) is 11.8 Å². The van der Waals surface area contributed by atoms with E-state index in [0.717, 1.165) is 38.5 Å². The highest BCUT2D eigenvalue weighted by Crippen LogP contribution is 2.60. The number of unbranched alkanes of at least 4 members (excludes halogenated alkanes) is 4. The normalized spacial score (nSPS) is 33.6. The van der Waals surface area contributed by atoms with Gasteiger partial charge in [-0.05, 0) is 32.6 Å². The lowest BCUT2D eigenvalue weighted by molar-refractivity contribution is -0.154. The third-order valence-corrected chi connectivity index (χ3v) is 7.58. The van der Waals surface area contributed by atoms with Gasteiger partial charge in [-0.3, -0.25) is 14.4 Å². The van der Waals surface area contributed by atoms with Crippen molar-refractivity contribution in [2.75, 3.05) is 26.3 Å². The first-order chi connectivity index (χ1) is 14.9. The number of carbonyl (C=O) groups excluding carboxylic acids is 3. The highest BCUT2D eigenvalue weighted by Gasteiger charge is 2.76. The van der Waals surface area contributed by atoms with Crippen LogP contribution in [0.4, 0.5) is 0 Å². The fourth-order valence-electron chi connectivity index (χ4n) is 5.41. The molecule has 176 valence electrons. The van der Waals surface area contributed by atoms with E-state index in [-0.39, 0.29) is 29.9 Å². The highest BCUT2D eigenvalue weighted by molar-refractivity contribution is 9.09. The van der Waals surface area contributed by atoms with Crippen molar-refractivity contribution in [1.82, 2.24) is 10.2 Å². The summed E-state index contributed by atoms with van der Waals surface area (Å²) in [6.45, 7) is 5.17. The summed E-state index contributed by atoms with van der Waals surface area (Å²) in [5.74, 6) is -2.20. The molecule has 0 aromatic heterocycles. The zero-order chi connectivity index (χ0) is 22.6. The van der Waals surface area contributed by atoms with Crippen molar-refractivity contribution in [2.45, 2.75) is 81.4 Å². The van der Waals surface area contributed by atoms with Crippen LogP contribution in [-0.2, 0) is 23.9 Å². The predicted molar refractivity (Wildman–Crippen MR) is 118 cm³/mol. The van der Waals surface area contributed by atoms with Gasteiger partial charge in [-0.15, -0.1) is 0 Å². The van der Waals surface area contributed by atoms with Crippen LogP contribution in [0.1, 0.15) is 58.8 Å². The van der Waals surface area contributed by atoms with Crippen LogP contribution < -0.4 is 5.32 Å². The number of fused-ring (bicyclic) bond motifs is 1. The molecule has 3 aliphatic rings. The maximum absolute atomic E-state index is 13.6. The fourth-order valence-corrected chi connectivity index (χ4v) is 6.35. The van der Waals surface area contributed by atoms with Crippen molar-refractivity contribution in [3.05, 3.63) is 0 Å². The molecule has 2 N–H and O–H groups in total. The molecular formula is C22H35BrN2O6. The van der Waals surface area contributed by atoms with Crippen LogP contribution in [0.25, 0.3) is 0 Å². The summed E-state index contributed by atoms with van der Waals surface area (Å²) in [7, 11) is 0. The van der Waals surface area contributed by atoms with Crippen LogP contribution in [0.2, 0.25) is 0 Å². The van der Waals surface area contributed by atoms with E-state index >= 15 is 0 Å². The molecule has 31 heavy (non-hydrogen) atoms. The molecule has 1 spiro atoms. The number of rotatable bonds is 12. The molecule has 1 unspecified atom stereocenters. The van der Waals surface area contributed by atoms with E-state index in [9.17, 15) is 14.4 Å². The van der Waals surface area contributed by atoms with Crippen LogP contribution in [0.3, 0.4) is 0 Å². The predicted octanol–water partition coefficient (Wildman–Crippen LogP) is 1.77. The standard InChI is InChI=1S/C22H35BrN2O6/c1-3-5-10-24-19(27)18-22-13-14(23)17(31-22)15(21(29)30-4-2)16(22)20(28)25(18)11-8-6-7-9-12-26/h14-18,26H,3-13H2,1-2H3,(H,24,27)/t14?,15-,16+,17-,18-,22+/m1/s1. The Hall–Kier alpha value is -1.19. The molecule has 0 aliphatic carbocycles. The van der Waals surface area contributed by atoms with Gasteiger partial charge in [-0.2, -0.15) is 0 Å². The minimum atomic E-state index is -1.01. The summed E-state index contributed by atoms with van der Waals surface area (Å²) in [6.07, 6.45) is 5.05. The second kappa shape index (κ2) is 10.6. The second-order valence-corrected chi connectivity index (χ2v) is 9.91. The number of hydrogen-bond acceptors (Lipinski definition) is 6. The summed E-state index contributed by atoms with van der Waals surface area (Å²) in [5, 5.41) is 12.0. The Morgan fingerprint density at radius 1 is 1.26 bits per heavy atom. The Balaban J connectivity index is 1.86. The molecule has 0 saturated carbocycles. The Morgan fingerprint density at radius 2 is 2.00 bits per heavy atom. The number of esters is 1. The number of aliphatic hydroxyl groups is 1. The lowest BCUT2D eigenvalue weighted by Gasteiger charge is -2.34. The molecule has 3 aliphatic heterocycles. The van der Waals surface area contributed by atoms with Crippen LogP contribution in [0.5, 0.6) is 0 Å². The Kier molecular flexibility index (Phi) is 8.37. The molecule has 9 heteroatoms. The fraction of sp³-hybridized carbons (Fsp3) is 0.864. The molecular weight excluding hydrogens is 468 g/mol. The van der Waals surface area contributed by atoms with Crippen LogP contribution >= 0.6 is 15.9 Å². The molecule has 3 fully saturated rings. The summed E-state index contributed by atoms with van der Waals surface area (Å²) < 4.78 is 11.6. The number of nitrogens with zero attached hydrogens (tertiary/aromatic N) is 1. The SMILES string of the molecule is CCCCNC(=O)[C@H]1N(CCCCCCO)C(=O)[C@@H]2[C@@H](C(=O)OCC)[C@@H]3O[C@@]21CC3Br. The molecule has 0 aromatic rings. The Bertz CT molecular complexity index is 676. The van der Waals surface area contributed by atoms with Crippen LogP contribution in [0.15, 0.2) is 0 Å². The van der Waals surface area contributed by atoms with Crippen molar-refractivity contribution < 1.29 is 29.0 Å². The van der Waals surface area contributed by atoms with E-state index in [1.807, 2.05) is 0 Å². The molecule has 3 saturated heterocycles. The molecule has 2 amide bonds. The monoisotopic (exact) mass is 502 g/mol. The van der Waals surface area contributed by atoms with E-state index in [1.54, 1.807) is 11.8 Å². The maximum atomic E-state index is 13.6. The van der Waals surface area contributed by atoms with Gasteiger partial charge in [-0.25, -0.2) is 0 Å². The number of aliphatic hydroxyl groups excluding tert-OH is 1. The van der Waals surface area contributed by atoms with Gasteiger partial charge in [0.05, 0.1) is 24.5 Å². The van der Waals surface area contributed by atoms with E-state index in [2.05, 4.69) is 28.2 Å². The molecule has 6 atom stereocenters. The summed E-state index contributed by atoms with van der Waals surface area (Å²) in [6, 6.07) is -0.746. The zero-order valence-corrected chi connectivity index (χ0v) is 20.1. The number of alkyl halides is 1. The quantitative estimate of drug-likeness (QED) is 0.239. The topological polar surface area (TPSA) is 105 Å². The molecule has 2 bridgehead atoms. The van der Waals surface area contributed by atoms with E-state index in [0.29, 0.717) is 19.5 Å². The average molecular weight is 503 g/mol. The number of amides is 2. The Labute approximate surface area is 192 Å². The zero-order valence-electron chi connectivity index (χ0n) is 18.5. The minimum absolute atomic E-state index is 0.110. The first-order valence-electron chi connectivity index (χ1n) is 11.6. The van der Waals surface area contributed by atoms with Gasteiger partial charge < -0.3 is 24.8 Å². The number of nitrogens with one attached hydrogen (secondary N) is 1. The lowest BCUT2D eigenvalue weighted by atomic mass is 9.70. The van der Waals surface area contributed by atoms with Crippen LogP contribution in [0, 0.1) is 11.8 Å². The Morgan fingerprint density at radius 3 is 2.68 bits per heavy atom. The van der Waals surface area contributed by atoms with Gasteiger partial charge in [0.1, 0.15) is 11.6 Å². The van der Waals surface area contributed by atoms with Gasteiger partial charge in [0.15, 0.2) is 0 Å². The highest BCUT2D eigenvalue weighted by atomic mass is 79.9. The number of carbonyl (C=O) groups is 3. The third-order valence-electron chi connectivity index (χ3n) is 6.73. The van der Waals surface area contributed by atoms with Crippen LogP contribution in [-0.4, -0.2) is 76.7 Å². The van der Waals surface area contributed by atoms with Gasteiger partial charge in [0.2, 0.25) is 11.8 Å². The molecule has 0 aromatic carbocycles. The largest absolute Gasteiger partial charge is 0.466 e. The summed E-state index contributed by atoms with van der Waals surface area (Å²) in [4.78, 5) is 41.2. The van der Waals surface area contributed by atoms with Gasteiger partial charge in [-0.1, -0.05) is 42.1 Å². The molecule has 0 radical (unpaired) electrons. The lowest BCUT2D eigenvalue weighted by Crippen LogP contribution is -2.56. The van der Waals surface area contributed by atoms with Gasteiger partial charge >= 0.3 is 5.97 Å². The number of ether oxygens (including phenoxy) is 2. The van der Waals surface area contributed by atoms with E-state index in [4.69, 9.17) is 14.6 Å². The summed E-state index contributed by atoms with van der Waals surface area (Å²) >= 11 is 3.63. The average Bonchev–Trinajstić information content (AvgIpc) is 3.32. The molecule has 3 rings (SSSR count). The first-order valence-corrected chi connectivity index (χ1v) is 12.5. The maximum Gasteiger partial charge on any atom is 0.312 e. The summed E-state index contributed by atoms with van der Waals surface area (Å²) in [5.41, 5.74) is -1.01. The second-order valence-electron chi connectivity index (χ2n) is 8.73. The molecule has 3 heterocycles.